The molecule has 46 heavy (non-hydrogen) atoms. The Bertz CT molecular complexity index is 1970. The van der Waals surface area contributed by atoms with Gasteiger partial charge in [-0.05, 0) is 66.3 Å². The van der Waals surface area contributed by atoms with Crippen LogP contribution in [0.4, 0.5) is 0 Å². The Morgan fingerprint density at radius 3 is 2.52 bits per heavy atom. The van der Waals surface area contributed by atoms with Gasteiger partial charge in [0, 0.05) is 30.4 Å². The second-order valence-corrected chi connectivity index (χ2v) is 15.6. The van der Waals surface area contributed by atoms with Crippen LogP contribution >= 0.6 is 24.0 Å². The summed E-state index contributed by atoms with van der Waals surface area (Å²) in [5.74, 6) is 1.69. The number of piperidine rings is 1. The molecule has 3 aromatic carbocycles. The highest BCUT2D eigenvalue weighted by atomic mass is 32.2. The van der Waals surface area contributed by atoms with Gasteiger partial charge in [-0.25, -0.2) is 13.1 Å². The van der Waals surface area contributed by atoms with Gasteiger partial charge in [-0.1, -0.05) is 74.2 Å². The van der Waals surface area contributed by atoms with Crippen molar-refractivity contribution >= 4 is 50.3 Å². The van der Waals surface area contributed by atoms with Crippen LogP contribution < -0.4 is 9.47 Å². The number of sulfonamides is 1. The number of aromatic nitrogens is 2. The van der Waals surface area contributed by atoms with Crippen molar-refractivity contribution in [2.45, 2.75) is 31.7 Å². The Hall–Kier alpha value is -3.97. The molecule has 4 aromatic rings. The molecule has 2 atom stereocenters. The summed E-state index contributed by atoms with van der Waals surface area (Å²) in [4.78, 5) is 15.9. The predicted molar refractivity (Wildman–Crippen MR) is 182 cm³/mol. The van der Waals surface area contributed by atoms with Gasteiger partial charge in [0.2, 0.25) is 16.8 Å². The molecule has 3 aliphatic heterocycles. The number of thioether (sulfide) groups is 1. The second-order valence-electron chi connectivity index (χ2n) is 12.0. The number of para-hydroxylation sites is 1. The van der Waals surface area contributed by atoms with E-state index < -0.39 is 10.0 Å². The van der Waals surface area contributed by atoms with E-state index in [1.54, 1.807) is 38.2 Å². The number of benzene rings is 3. The van der Waals surface area contributed by atoms with E-state index in [0.717, 1.165) is 17.7 Å². The molecule has 0 saturated carbocycles. The van der Waals surface area contributed by atoms with Crippen molar-refractivity contribution in [2.75, 3.05) is 19.9 Å². The molecule has 1 aromatic heterocycles. The molecule has 2 fully saturated rings. The number of ether oxygens (including phenoxy) is 2. The topological polar surface area (TPSA) is 94.0 Å². The predicted octanol–water partition coefficient (Wildman–Crippen LogP) is 6.34. The first-order chi connectivity index (χ1) is 22.2. The molecule has 236 valence electrons. The Morgan fingerprint density at radius 1 is 0.978 bits per heavy atom. The first-order valence-electron chi connectivity index (χ1n) is 15.1. The van der Waals surface area contributed by atoms with Crippen LogP contribution in [0.5, 0.6) is 11.5 Å². The highest BCUT2D eigenvalue weighted by Crippen LogP contribution is 2.38. The molecule has 9 nitrogen and oxygen atoms in total. The zero-order chi connectivity index (χ0) is 32.0. The lowest BCUT2D eigenvalue weighted by molar-refractivity contribution is -0.122. The molecule has 0 bridgehead atoms. The van der Waals surface area contributed by atoms with Crippen molar-refractivity contribution in [2.24, 2.45) is 11.8 Å². The van der Waals surface area contributed by atoms with Crippen LogP contribution in [0, 0.1) is 11.8 Å². The van der Waals surface area contributed by atoms with E-state index in [-0.39, 0.29) is 17.6 Å². The summed E-state index contributed by atoms with van der Waals surface area (Å²) in [5, 5.41) is 4.89. The molecule has 0 aliphatic carbocycles. The molecule has 0 radical (unpaired) electrons. The van der Waals surface area contributed by atoms with Crippen molar-refractivity contribution in [1.29, 1.82) is 0 Å². The van der Waals surface area contributed by atoms with Gasteiger partial charge in [-0.15, -0.1) is 0 Å². The number of amides is 1. The summed E-state index contributed by atoms with van der Waals surface area (Å²) in [6, 6.07) is 22.1. The molecule has 2 unspecified atom stereocenters. The number of carbonyl (C=O) groups is 1. The van der Waals surface area contributed by atoms with Crippen LogP contribution in [-0.2, 0) is 21.4 Å². The SMILES string of the molecule is CC1CC(C)CN(S(=O)(=O)c2cccc(-c3nn(-c4ccccc4)cc3C=C3SC(=S)N(Cc4ccc5c(c4)OCO5)C3=O)c2)C1. The maximum absolute atomic E-state index is 13.8. The standard InChI is InChI=1S/C34H32N4O5S3/c1-22-13-23(2)18-36(17-22)46(40,41)28-10-6-7-25(15-28)32-26(20-38(35-32)27-8-4-3-5-9-27)16-31-33(39)37(34(44)45-31)19-24-11-12-29-30(14-24)43-21-42-29/h3-12,14-16,20,22-23H,13,17-19,21H2,1-2H3. The number of thiocarbonyl (C=S) groups is 1. The van der Waals surface area contributed by atoms with Gasteiger partial charge in [0.1, 0.15) is 10.0 Å². The fraction of sp³-hybridized carbons (Fsp3) is 0.265. The Labute approximate surface area is 277 Å². The van der Waals surface area contributed by atoms with Gasteiger partial charge in [-0.2, -0.15) is 9.40 Å². The van der Waals surface area contributed by atoms with Crippen LogP contribution in [-0.4, -0.2) is 57.5 Å². The highest BCUT2D eigenvalue weighted by Gasteiger charge is 2.34. The quantitative estimate of drug-likeness (QED) is 0.166. The van der Waals surface area contributed by atoms with Crippen LogP contribution in [0.1, 0.15) is 31.4 Å². The molecular formula is C34H32N4O5S3. The number of hydrogen-bond donors (Lipinski definition) is 0. The molecule has 4 heterocycles. The van der Waals surface area contributed by atoms with Gasteiger partial charge >= 0.3 is 0 Å². The van der Waals surface area contributed by atoms with Gasteiger partial charge in [0.25, 0.3) is 5.91 Å². The minimum Gasteiger partial charge on any atom is -0.454 e. The first-order valence-corrected chi connectivity index (χ1v) is 17.7. The zero-order valence-corrected chi connectivity index (χ0v) is 27.8. The highest BCUT2D eigenvalue weighted by molar-refractivity contribution is 8.26. The van der Waals surface area contributed by atoms with Crippen LogP contribution in [0.15, 0.2) is 88.8 Å². The minimum absolute atomic E-state index is 0.174. The minimum atomic E-state index is -3.71. The monoisotopic (exact) mass is 672 g/mol. The fourth-order valence-corrected chi connectivity index (χ4v) is 9.16. The number of carbonyl (C=O) groups excluding carboxylic acids is 1. The van der Waals surface area contributed by atoms with Crippen molar-refractivity contribution in [3.05, 3.63) is 95.0 Å². The third-order valence-corrected chi connectivity index (χ3v) is 11.5. The van der Waals surface area contributed by atoms with E-state index in [0.29, 0.717) is 69.0 Å². The summed E-state index contributed by atoms with van der Waals surface area (Å²) >= 11 is 6.86. The lowest BCUT2D eigenvalue weighted by Crippen LogP contribution is -2.42. The third-order valence-electron chi connectivity index (χ3n) is 8.28. The van der Waals surface area contributed by atoms with Crippen molar-refractivity contribution in [1.82, 2.24) is 19.0 Å². The maximum Gasteiger partial charge on any atom is 0.266 e. The number of nitrogens with zero attached hydrogens (tertiary/aromatic N) is 4. The summed E-state index contributed by atoms with van der Waals surface area (Å²) in [5.41, 5.74) is 3.56. The Morgan fingerprint density at radius 2 is 1.74 bits per heavy atom. The second kappa shape index (κ2) is 12.3. The molecule has 1 amide bonds. The van der Waals surface area contributed by atoms with Crippen LogP contribution in [0.3, 0.4) is 0 Å². The normalized spacial score (nSPS) is 21.0. The summed E-state index contributed by atoms with van der Waals surface area (Å²) < 4.78 is 42.3. The fourth-order valence-electron chi connectivity index (χ4n) is 6.18. The average molecular weight is 673 g/mol. The summed E-state index contributed by atoms with van der Waals surface area (Å²) in [6.45, 7) is 5.65. The summed E-state index contributed by atoms with van der Waals surface area (Å²) in [6.07, 6.45) is 4.65. The molecule has 7 rings (SSSR count). The number of hydrogen-bond acceptors (Lipinski definition) is 8. The Kier molecular flexibility index (Phi) is 8.22. The van der Waals surface area contributed by atoms with Crippen molar-refractivity contribution in [3.63, 3.8) is 0 Å². The van der Waals surface area contributed by atoms with E-state index in [1.165, 1.54) is 11.8 Å². The van der Waals surface area contributed by atoms with Gasteiger partial charge < -0.3 is 9.47 Å². The molecule has 12 heteroatoms. The van der Waals surface area contributed by atoms with Gasteiger partial charge in [0.05, 0.1) is 22.0 Å². The molecule has 3 aliphatic rings. The lowest BCUT2D eigenvalue weighted by atomic mass is 9.94. The van der Waals surface area contributed by atoms with Crippen molar-refractivity contribution in [3.8, 4) is 28.4 Å². The van der Waals surface area contributed by atoms with Crippen molar-refractivity contribution < 1.29 is 22.7 Å². The largest absolute Gasteiger partial charge is 0.454 e. The van der Waals surface area contributed by atoms with Crippen LogP contribution in [0.25, 0.3) is 23.0 Å². The van der Waals surface area contributed by atoms with Gasteiger partial charge in [0.15, 0.2) is 11.5 Å². The molecule has 0 N–H and O–H groups in total. The smallest absolute Gasteiger partial charge is 0.266 e. The molecular weight excluding hydrogens is 641 g/mol. The lowest BCUT2D eigenvalue weighted by Gasteiger charge is -2.34. The Balaban J connectivity index is 1.23. The maximum atomic E-state index is 13.8. The first kappa shape index (κ1) is 30.7. The van der Waals surface area contributed by atoms with E-state index in [9.17, 15) is 13.2 Å². The van der Waals surface area contributed by atoms with Gasteiger partial charge in [-0.3, -0.25) is 9.69 Å². The van der Waals surface area contributed by atoms with E-state index in [1.807, 2.05) is 60.8 Å². The van der Waals surface area contributed by atoms with E-state index in [4.69, 9.17) is 26.8 Å². The third kappa shape index (κ3) is 5.97. The number of rotatable bonds is 7. The van der Waals surface area contributed by atoms with Crippen LogP contribution in [0.2, 0.25) is 0 Å². The van der Waals surface area contributed by atoms with E-state index >= 15 is 0 Å². The summed E-state index contributed by atoms with van der Waals surface area (Å²) in [7, 11) is -3.71. The zero-order valence-electron chi connectivity index (χ0n) is 25.3. The molecule has 0 spiro atoms. The number of fused-ring (bicyclic) bond motifs is 1. The van der Waals surface area contributed by atoms with E-state index in [2.05, 4.69) is 13.8 Å². The molecule has 2 saturated heterocycles. The average Bonchev–Trinajstić information content (AvgIpc) is 3.76.